The van der Waals surface area contributed by atoms with Gasteiger partial charge < -0.3 is 10.1 Å². The second-order valence-corrected chi connectivity index (χ2v) is 11.3. The monoisotopic (exact) mass is 427 g/mol. The Morgan fingerprint density at radius 2 is 2.07 bits per heavy atom. The highest BCUT2D eigenvalue weighted by Gasteiger charge is 2.46. The summed E-state index contributed by atoms with van der Waals surface area (Å²) < 4.78 is 36.9. The van der Waals surface area contributed by atoms with Crippen LogP contribution in [-0.4, -0.2) is 60.6 Å². The zero-order chi connectivity index (χ0) is 19.7. The Bertz CT molecular complexity index is 779. The number of nitrogens with one attached hydrogen (secondary N) is 1. The van der Waals surface area contributed by atoms with Crippen molar-refractivity contribution in [3.8, 4) is 0 Å². The molecule has 1 amide bonds. The lowest BCUT2D eigenvalue weighted by Gasteiger charge is -2.38. The van der Waals surface area contributed by atoms with Crippen LogP contribution < -0.4 is 5.32 Å². The second-order valence-electron chi connectivity index (χ2n) is 8.40. The highest BCUT2D eigenvalue weighted by atomic mass is 32.2. The Kier molecular flexibility index (Phi) is 6.06. The number of amides is 1. The lowest BCUT2D eigenvalue weighted by Crippen LogP contribution is -2.50. The molecule has 1 aromatic heterocycles. The molecular weight excluding hydrogens is 398 g/mol. The van der Waals surface area contributed by atoms with Crippen LogP contribution in [0.3, 0.4) is 0 Å². The highest BCUT2D eigenvalue weighted by molar-refractivity contribution is 7.89. The summed E-state index contributed by atoms with van der Waals surface area (Å²) in [7, 11) is -3.18. The van der Waals surface area contributed by atoms with E-state index >= 15 is 0 Å². The molecule has 0 bridgehead atoms. The first kappa shape index (κ1) is 20.3. The summed E-state index contributed by atoms with van der Waals surface area (Å²) in [5, 5.41) is 3.15. The van der Waals surface area contributed by atoms with Crippen LogP contribution >= 0.6 is 11.5 Å². The number of carbonyl (C=O) groups is 1. The lowest BCUT2D eigenvalue weighted by atomic mass is 9.77. The van der Waals surface area contributed by atoms with E-state index in [0.29, 0.717) is 36.2 Å². The largest absolute Gasteiger partial charge is 0.376 e. The third kappa shape index (κ3) is 4.58. The molecular formula is C19H29N3O4S2. The molecule has 0 aromatic carbocycles. The number of nitrogens with zero attached hydrogens (tertiary/aromatic N) is 2. The van der Waals surface area contributed by atoms with Gasteiger partial charge in [-0.15, -0.1) is 0 Å². The Labute approximate surface area is 171 Å². The highest BCUT2D eigenvalue weighted by Crippen LogP contribution is 2.40. The molecule has 7 nitrogen and oxygen atoms in total. The summed E-state index contributed by atoms with van der Waals surface area (Å²) in [5.74, 6) is 1.34. The standard InChI is InChI=1S/C19H29N3O4S2/c1-2-7-28(24,25)22-10-14-8-16(21-19(23)18-5-6-20-27-18)17(9-15(14)11-22)26-12-13-3-4-13/h5-6,13-17H,2-4,7-12H2,1H3,(H,21,23)/t14-,15+,16-,17-/m0/s1. The molecule has 0 radical (unpaired) electrons. The number of sulfonamides is 1. The minimum Gasteiger partial charge on any atom is -0.376 e. The molecule has 1 aromatic rings. The van der Waals surface area contributed by atoms with Crippen LogP contribution in [0.25, 0.3) is 0 Å². The van der Waals surface area contributed by atoms with Gasteiger partial charge in [0.2, 0.25) is 10.0 Å². The Balaban J connectivity index is 1.44. The number of ether oxygens (including phenoxy) is 1. The third-order valence-corrected chi connectivity index (χ3v) is 8.91. The molecule has 156 valence electrons. The molecule has 2 aliphatic carbocycles. The fraction of sp³-hybridized carbons (Fsp3) is 0.789. The van der Waals surface area contributed by atoms with Crippen molar-refractivity contribution in [2.75, 3.05) is 25.4 Å². The van der Waals surface area contributed by atoms with E-state index in [-0.39, 0.29) is 29.7 Å². The quantitative estimate of drug-likeness (QED) is 0.686. The fourth-order valence-corrected chi connectivity index (χ4v) is 6.55. The zero-order valence-electron chi connectivity index (χ0n) is 16.2. The van der Waals surface area contributed by atoms with Crippen molar-refractivity contribution in [1.82, 2.24) is 14.0 Å². The van der Waals surface area contributed by atoms with E-state index in [0.717, 1.165) is 19.4 Å². The van der Waals surface area contributed by atoms with Gasteiger partial charge in [0.25, 0.3) is 5.91 Å². The molecule has 28 heavy (non-hydrogen) atoms. The summed E-state index contributed by atoms with van der Waals surface area (Å²) in [6.07, 6.45) is 6.23. The number of fused-ring (bicyclic) bond motifs is 1. The van der Waals surface area contributed by atoms with Gasteiger partial charge in [-0.05, 0) is 67.5 Å². The molecule has 0 spiro atoms. The molecule has 2 saturated carbocycles. The maximum absolute atomic E-state index is 12.6. The lowest BCUT2D eigenvalue weighted by molar-refractivity contribution is -0.0211. The van der Waals surface area contributed by atoms with Crippen LogP contribution in [-0.2, 0) is 14.8 Å². The van der Waals surface area contributed by atoms with Crippen molar-refractivity contribution in [3.05, 3.63) is 17.1 Å². The third-order valence-electron chi connectivity index (χ3n) is 6.16. The molecule has 4 rings (SSSR count). The molecule has 1 aliphatic heterocycles. The van der Waals surface area contributed by atoms with E-state index in [4.69, 9.17) is 4.74 Å². The van der Waals surface area contributed by atoms with Crippen LogP contribution in [0.2, 0.25) is 0 Å². The van der Waals surface area contributed by atoms with E-state index in [2.05, 4.69) is 9.69 Å². The fourth-order valence-electron chi connectivity index (χ4n) is 4.44. The summed E-state index contributed by atoms with van der Waals surface area (Å²) in [6, 6.07) is 1.64. The van der Waals surface area contributed by atoms with Gasteiger partial charge in [0.15, 0.2) is 0 Å². The molecule has 3 aliphatic rings. The number of aromatic nitrogens is 1. The van der Waals surface area contributed by atoms with Crippen LogP contribution in [0.15, 0.2) is 12.3 Å². The molecule has 0 unspecified atom stereocenters. The molecule has 1 saturated heterocycles. The number of rotatable bonds is 8. The van der Waals surface area contributed by atoms with Gasteiger partial charge in [-0.2, -0.15) is 0 Å². The SMILES string of the molecule is CCCS(=O)(=O)N1C[C@H]2C[C@H](OCC3CC3)[C@@H](NC(=O)c3ccns3)C[C@H]2C1. The van der Waals surface area contributed by atoms with Gasteiger partial charge >= 0.3 is 0 Å². The summed E-state index contributed by atoms with van der Waals surface area (Å²) in [6.45, 7) is 3.79. The first-order valence-electron chi connectivity index (χ1n) is 10.3. The van der Waals surface area contributed by atoms with Gasteiger partial charge in [-0.25, -0.2) is 17.1 Å². The van der Waals surface area contributed by atoms with E-state index in [9.17, 15) is 13.2 Å². The van der Waals surface area contributed by atoms with Gasteiger partial charge in [-0.1, -0.05) is 6.92 Å². The minimum atomic E-state index is -3.18. The number of hydrogen-bond acceptors (Lipinski definition) is 6. The normalized spacial score (nSPS) is 30.9. The number of hydrogen-bond donors (Lipinski definition) is 1. The molecule has 4 atom stereocenters. The number of carbonyl (C=O) groups excluding carboxylic acids is 1. The summed E-state index contributed by atoms with van der Waals surface area (Å²) >= 11 is 1.19. The van der Waals surface area contributed by atoms with Crippen molar-refractivity contribution < 1.29 is 17.9 Å². The average Bonchev–Trinajstić information content (AvgIpc) is 3.15. The first-order valence-corrected chi connectivity index (χ1v) is 12.7. The van der Waals surface area contributed by atoms with Gasteiger partial charge in [0.05, 0.1) is 17.9 Å². The second kappa shape index (κ2) is 8.38. The minimum absolute atomic E-state index is 0.0486. The van der Waals surface area contributed by atoms with Gasteiger partial charge in [0, 0.05) is 25.9 Å². The van der Waals surface area contributed by atoms with Crippen molar-refractivity contribution in [2.24, 2.45) is 17.8 Å². The topological polar surface area (TPSA) is 88.6 Å². The van der Waals surface area contributed by atoms with Crippen LogP contribution in [0, 0.1) is 17.8 Å². The Hall–Kier alpha value is -1.03. The zero-order valence-corrected chi connectivity index (χ0v) is 17.9. The Morgan fingerprint density at radius 3 is 2.71 bits per heavy atom. The summed E-state index contributed by atoms with van der Waals surface area (Å²) in [5.41, 5.74) is 0. The maximum Gasteiger partial charge on any atom is 0.263 e. The smallest absolute Gasteiger partial charge is 0.263 e. The van der Waals surface area contributed by atoms with E-state index in [1.54, 1.807) is 16.6 Å². The predicted molar refractivity (Wildman–Crippen MR) is 108 cm³/mol. The summed E-state index contributed by atoms with van der Waals surface area (Å²) in [4.78, 5) is 13.2. The van der Waals surface area contributed by atoms with E-state index < -0.39 is 10.0 Å². The maximum atomic E-state index is 12.6. The molecule has 1 N–H and O–H groups in total. The van der Waals surface area contributed by atoms with Crippen LogP contribution in [0.5, 0.6) is 0 Å². The predicted octanol–water partition coefficient (Wildman–Crippen LogP) is 2.12. The van der Waals surface area contributed by atoms with Crippen molar-refractivity contribution >= 4 is 27.5 Å². The van der Waals surface area contributed by atoms with Crippen molar-refractivity contribution in [3.63, 3.8) is 0 Å². The van der Waals surface area contributed by atoms with Crippen LogP contribution in [0.1, 0.15) is 48.7 Å². The molecule has 3 fully saturated rings. The average molecular weight is 428 g/mol. The van der Waals surface area contributed by atoms with Crippen molar-refractivity contribution in [2.45, 2.75) is 51.2 Å². The molecule has 9 heteroatoms. The van der Waals surface area contributed by atoms with E-state index in [1.807, 2.05) is 6.92 Å². The van der Waals surface area contributed by atoms with Gasteiger partial charge in [0.1, 0.15) is 4.88 Å². The molecule has 2 heterocycles. The van der Waals surface area contributed by atoms with Crippen LogP contribution in [0.4, 0.5) is 0 Å². The van der Waals surface area contributed by atoms with E-state index in [1.165, 1.54) is 24.4 Å². The van der Waals surface area contributed by atoms with Crippen molar-refractivity contribution in [1.29, 1.82) is 0 Å². The Morgan fingerprint density at radius 1 is 1.32 bits per heavy atom. The first-order chi connectivity index (χ1) is 13.5. The van der Waals surface area contributed by atoms with Gasteiger partial charge in [-0.3, -0.25) is 4.79 Å².